The van der Waals surface area contributed by atoms with E-state index >= 15 is 0 Å². The van der Waals surface area contributed by atoms with Gasteiger partial charge in [0.2, 0.25) is 0 Å². The van der Waals surface area contributed by atoms with Crippen molar-refractivity contribution in [2.75, 3.05) is 13.7 Å². The summed E-state index contributed by atoms with van der Waals surface area (Å²) in [5.41, 5.74) is 5.48. The van der Waals surface area contributed by atoms with E-state index in [1.54, 1.807) is 7.11 Å². The molecule has 1 aliphatic heterocycles. The van der Waals surface area contributed by atoms with Crippen molar-refractivity contribution in [3.8, 4) is 5.75 Å². The maximum Gasteiger partial charge on any atom is 0.332 e. The van der Waals surface area contributed by atoms with Gasteiger partial charge in [0.05, 0.1) is 25.5 Å². The largest absolute Gasteiger partial charge is 0.497 e. The molecule has 0 saturated heterocycles. The van der Waals surface area contributed by atoms with Gasteiger partial charge in [-0.1, -0.05) is 36.4 Å². The van der Waals surface area contributed by atoms with Crippen molar-refractivity contribution in [3.63, 3.8) is 0 Å². The number of methoxy groups -OCH3 is 1. The summed E-state index contributed by atoms with van der Waals surface area (Å²) in [6.07, 6.45) is 3.55. The van der Waals surface area contributed by atoms with E-state index in [0.717, 1.165) is 35.6 Å². The van der Waals surface area contributed by atoms with Crippen LogP contribution in [0.3, 0.4) is 0 Å². The van der Waals surface area contributed by atoms with Gasteiger partial charge in [-0.2, -0.15) is 5.10 Å². The smallest absolute Gasteiger partial charge is 0.332 e. The van der Waals surface area contributed by atoms with E-state index in [0.29, 0.717) is 6.61 Å². The van der Waals surface area contributed by atoms with Crippen molar-refractivity contribution < 1.29 is 14.3 Å². The fraction of sp³-hybridized carbons (Fsp3) is 0.333. The predicted octanol–water partition coefficient (Wildman–Crippen LogP) is 4.49. The molecule has 0 spiro atoms. The highest BCUT2D eigenvalue weighted by Gasteiger charge is 2.42. The number of fused-ring (bicyclic) bond motifs is 3. The maximum atomic E-state index is 12.1. The first-order valence-corrected chi connectivity index (χ1v) is 10.1. The summed E-state index contributed by atoms with van der Waals surface area (Å²) < 4.78 is 10.6. The number of hydrazone groups is 1. The van der Waals surface area contributed by atoms with Crippen LogP contribution in [0, 0.1) is 5.92 Å². The minimum absolute atomic E-state index is 0.0521. The monoisotopic (exact) mass is 390 g/mol. The molecule has 0 N–H and O–H groups in total. The van der Waals surface area contributed by atoms with Gasteiger partial charge in [-0.05, 0) is 49.9 Å². The molecular formula is C24H26N2O3. The molecule has 2 aromatic rings. The number of nitrogens with zero attached hydrogens (tertiary/aromatic N) is 2. The fourth-order valence-electron chi connectivity index (χ4n) is 4.31. The van der Waals surface area contributed by atoms with E-state index in [9.17, 15) is 4.79 Å². The normalized spacial score (nSPS) is 20.6. The van der Waals surface area contributed by atoms with Gasteiger partial charge in [-0.3, -0.25) is 5.01 Å². The lowest BCUT2D eigenvalue weighted by molar-refractivity contribution is -0.137. The molecule has 0 amide bonds. The lowest BCUT2D eigenvalue weighted by atomic mass is 9.77. The molecule has 0 saturated carbocycles. The van der Waals surface area contributed by atoms with Crippen molar-refractivity contribution in [1.29, 1.82) is 0 Å². The predicted molar refractivity (Wildman–Crippen MR) is 113 cm³/mol. The quantitative estimate of drug-likeness (QED) is 0.558. The Labute approximate surface area is 171 Å². The molecule has 5 heteroatoms. The van der Waals surface area contributed by atoms with E-state index < -0.39 is 0 Å². The molecule has 4 rings (SSSR count). The third-order valence-electron chi connectivity index (χ3n) is 5.64. The van der Waals surface area contributed by atoms with Crippen LogP contribution in [-0.4, -0.2) is 30.4 Å². The van der Waals surface area contributed by atoms with Gasteiger partial charge in [-0.15, -0.1) is 0 Å². The number of aryl methyl sites for hydroxylation is 1. The number of esters is 1. The second-order valence-corrected chi connectivity index (χ2v) is 7.39. The minimum Gasteiger partial charge on any atom is -0.497 e. The Bertz CT molecular complexity index is 965. The van der Waals surface area contributed by atoms with Gasteiger partial charge in [0, 0.05) is 23.3 Å². The minimum atomic E-state index is -0.339. The number of benzene rings is 2. The van der Waals surface area contributed by atoms with Crippen LogP contribution in [-0.2, 0) is 16.0 Å². The van der Waals surface area contributed by atoms with E-state index in [1.165, 1.54) is 17.2 Å². The van der Waals surface area contributed by atoms with Crippen molar-refractivity contribution in [2.45, 2.75) is 32.7 Å². The molecule has 0 bridgehead atoms. The summed E-state index contributed by atoms with van der Waals surface area (Å²) in [7, 11) is 1.68. The van der Waals surface area contributed by atoms with Crippen molar-refractivity contribution in [3.05, 3.63) is 77.0 Å². The van der Waals surface area contributed by atoms with Crippen LogP contribution < -0.4 is 4.74 Å². The molecule has 0 fully saturated rings. The summed E-state index contributed by atoms with van der Waals surface area (Å²) in [5, 5.41) is 7.00. The highest BCUT2D eigenvalue weighted by molar-refractivity contribution is 6.06. The van der Waals surface area contributed by atoms with Crippen LogP contribution in [0.4, 0.5) is 0 Å². The van der Waals surface area contributed by atoms with Crippen LogP contribution >= 0.6 is 0 Å². The van der Waals surface area contributed by atoms with Crippen molar-refractivity contribution in [1.82, 2.24) is 5.01 Å². The number of hydrogen-bond acceptors (Lipinski definition) is 5. The molecule has 5 nitrogen and oxygen atoms in total. The molecular weight excluding hydrogens is 364 g/mol. The third-order valence-corrected chi connectivity index (χ3v) is 5.64. The number of carbonyl (C=O) groups excluding carboxylic acids is 1. The Kier molecular flexibility index (Phi) is 5.38. The highest BCUT2D eigenvalue weighted by Crippen LogP contribution is 2.45. The highest BCUT2D eigenvalue weighted by atomic mass is 16.5. The molecule has 2 atom stereocenters. The van der Waals surface area contributed by atoms with Crippen LogP contribution in [0.1, 0.15) is 43.0 Å². The molecule has 2 aliphatic rings. The van der Waals surface area contributed by atoms with Crippen LogP contribution in [0.15, 0.2) is 65.4 Å². The molecule has 1 heterocycles. The molecule has 2 aromatic carbocycles. The number of allylic oxidation sites excluding steroid dienone is 1. The maximum absolute atomic E-state index is 12.1. The first kappa shape index (κ1) is 19.2. The van der Waals surface area contributed by atoms with Crippen LogP contribution in [0.2, 0.25) is 0 Å². The molecule has 29 heavy (non-hydrogen) atoms. The van der Waals surface area contributed by atoms with Gasteiger partial charge in [0.15, 0.2) is 0 Å². The lowest BCUT2D eigenvalue weighted by Gasteiger charge is -2.31. The Morgan fingerprint density at radius 2 is 2.03 bits per heavy atom. The van der Waals surface area contributed by atoms with Gasteiger partial charge in [0.1, 0.15) is 5.75 Å². The van der Waals surface area contributed by atoms with Gasteiger partial charge in [-0.25, -0.2) is 4.79 Å². The van der Waals surface area contributed by atoms with Crippen molar-refractivity contribution >= 4 is 11.7 Å². The summed E-state index contributed by atoms with van der Waals surface area (Å²) in [5.74, 6) is 0.747. The number of hydrogen-bond donors (Lipinski definition) is 0. The zero-order valence-electron chi connectivity index (χ0n) is 17.1. The van der Waals surface area contributed by atoms with E-state index in [4.69, 9.17) is 14.6 Å². The molecule has 0 radical (unpaired) electrons. The summed E-state index contributed by atoms with van der Waals surface area (Å²) in [6, 6.07) is 16.7. The average molecular weight is 390 g/mol. The van der Waals surface area contributed by atoms with E-state index in [-0.39, 0.29) is 17.9 Å². The number of ether oxygens (including phenoxy) is 2. The summed E-state index contributed by atoms with van der Waals surface area (Å²) in [6.45, 7) is 4.08. The first-order valence-electron chi connectivity index (χ1n) is 10.1. The van der Waals surface area contributed by atoms with Gasteiger partial charge in [0.25, 0.3) is 0 Å². The van der Waals surface area contributed by atoms with E-state index in [2.05, 4.69) is 36.4 Å². The second-order valence-electron chi connectivity index (χ2n) is 7.39. The Morgan fingerprint density at radius 1 is 1.24 bits per heavy atom. The molecule has 2 unspecified atom stereocenters. The molecule has 0 aromatic heterocycles. The van der Waals surface area contributed by atoms with Gasteiger partial charge >= 0.3 is 5.97 Å². The SMILES string of the molecule is CCOC(=O)/C=C(\C)N1N=C2c3cc(OC)ccc3CCC2C1c1ccccc1. The second kappa shape index (κ2) is 8.11. The fourth-order valence-corrected chi connectivity index (χ4v) is 4.31. The Morgan fingerprint density at radius 3 is 2.76 bits per heavy atom. The summed E-state index contributed by atoms with van der Waals surface area (Å²) >= 11 is 0. The zero-order chi connectivity index (χ0) is 20.4. The third kappa shape index (κ3) is 3.65. The number of carbonyl (C=O) groups is 1. The number of rotatable bonds is 5. The average Bonchev–Trinajstić information content (AvgIpc) is 3.14. The summed E-state index contributed by atoms with van der Waals surface area (Å²) in [4.78, 5) is 12.1. The van der Waals surface area contributed by atoms with E-state index in [1.807, 2.05) is 31.0 Å². The van der Waals surface area contributed by atoms with Gasteiger partial charge < -0.3 is 9.47 Å². The molecule has 1 aliphatic carbocycles. The standard InChI is InChI=1S/C24H26N2O3/c1-4-29-22(27)14-16(2)26-24(18-8-6-5-7-9-18)20-13-11-17-10-12-19(28-3)15-21(17)23(20)25-26/h5-10,12,14-15,20,24H,4,11,13H2,1-3H3/b16-14+. The topological polar surface area (TPSA) is 51.1 Å². The van der Waals surface area contributed by atoms with Crippen molar-refractivity contribution in [2.24, 2.45) is 11.0 Å². The molecule has 150 valence electrons. The lowest BCUT2D eigenvalue weighted by Crippen LogP contribution is -2.28. The van der Waals surface area contributed by atoms with Crippen LogP contribution in [0.5, 0.6) is 5.75 Å². The Hall–Kier alpha value is -3.08. The zero-order valence-corrected chi connectivity index (χ0v) is 17.1. The van der Waals surface area contributed by atoms with Crippen LogP contribution in [0.25, 0.3) is 0 Å². The first-order chi connectivity index (χ1) is 14.1. The Balaban J connectivity index is 1.79.